The lowest BCUT2D eigenvalue weighted by molar-refractivity contribution is 0.193. The number of aromatic nitrogens is 2. The summed E-state index contributed by atoms with van der Waals surface area (Å²) in [5, 5.41) is 4.53. The monoisotopic (exact) mass is 209 g/mol. The van der Waals surface area contributed by atoms with E-state index in [2.05, 4.69) is 18.9 Å². The summed E-state index contributed by atoms with van der Waals surface area (Å²) in [7, 11) is 1.90. The first kappa shape index (κ1) is 10.5. The molecule has 2 N–H and O–H groups in total. The Labute approximate surface area is 90.4 Å². The molecule has 1 aromatic rings. The number of anilines is 1. The number of hydrogen-bond donors (Lipinski definition) is 1. The average molecular weight is 209 g/mol. The normalized spacial score (nSPS) is 21.5. The maximum absolute atomic E-state index is 6.03. The van der Waals surface area contributed by atoms with Gasteiger partial charge in [0.1, 0.15) is 5.82 Å². The summed E-state index contributed by atoms with van der Waals surface area (Å²) >= 11 is 0. The molecule has 0 bridgehead atoms. The Morgan fingerprint density at radius 2 is 2.27 bits per heavy atom. The van der Waals surface area contributed by atoms with Crippen LogP contribution in [0.1, 0.15) is 43.4 Å². The van der Waals surface area contributed by atoms with Crippen LogP contribution in [0.2, 0.25) is 0 Å². The number of nitrogens with two attached hydrogens (primary N) is 1. The highest BCUT2D eigenvalue weighted by Gasteiger charge is 2.26. The van der Waals surface area contributed by atoms with E-state index in [9.17, 15) is 0 Å². The topological polar surface area (TPSA) is 53.1 Å². The van der Waals surface area contributed by atoms with Gasteiger partial charge in [-0.15, -0.1) is 0 Å². The van der Waals surface area contributed by atoms with Gasteiger partial charge < -0.3 is 10.5 Å². The van der Waals surface area contributed by atoms with Crippen LogP contribution in [-0.4, -0.2) is 23.0 Å². The Balaban J connectivity index is 2.40. The smallest absolute Gasteiger partial charge is 0.125 e. The fraction of sp³-hybridized carbons (Fsp3) is 0.727. The van der Waals surface area contributed by atoms with Crippen molar-refractivity contribution in [2.75, 3.05) is 18.9 Å². The molecule has 1 aromatic heterocycles. The van der Waals surface area contributed by atoms with Gasteiger partial charge in [-0.05, 0) is 12.3 Å². The fourth-order valence-corrected chi connectivity index (χ4v) is 2.22. The summed E-state index contributed by atoms with van der Waals surface area (Å²) in [4.78, 5) is 0. The van der Waals surface area contributed by atoms with Gasteiger partial charge >= 0.3 is 0 Å². The van der Waals surface area contributed by atoms with Gasteiger partial charge in [0, 0.05) is 25.1 Å². The van der Waals surface area contributed by atoms with Crippen molar-refractivity contribution in [1.29, 1.82) is 0 Å². The van der Waals surface area contributed by atoms with E-state index in [1.165, 1.54) is 5.56 Å². The van der Waals surface area contributed by atoms with E-state index >= 15 is 0 Å². The van der Waals surface area contributed by atoms with Crippen molar-refractivity contribution in [3.05, 3.63) is 11.3 Å². The van der Waals surface area contributed by atoms with Crippen LogP contribution in [0.3, 0.4) is 0 Å². The summed E-state index contributed by atoms with van der Waals surface area (Å²) in [6.07, 6.45) is 1.07. The number of ether oxygens (including phenoxy) is 1. The zero-order chi connectivity index (χ0) is 11.0. The fourth-order valence-electron chi connectivity index (χ4n) is 2.22. The van der Waals surface area contributed by atoms with Crippen molar-refractivity contribution in [3.8, 4) is 0 Å². The number of aryl methyl sites for hydroxylation is 1. The molecule has 1 aliphatic heterocycles. The van der Waals surface area contributed by atoms with Crippen molar-refractivity contribution in [1.82, 2.24) is 9.78 Å². The molecule has 0 aliphatic carbocycles. The largest absolute Gasteiger partial charge is 0.384 e. The summed E-state index contributed by atoms with van der Waals surface area (Å²) in [6, 6.07) is 0. The lowest BCUT2D eigenvalue weighted by Crippen LogP contribution is -2.04. The molecule has 0 aromatic carbocycles. The molecule has 0 amide bonds. The molecular weight excluding hydrogens is 190 g/mol. The second-order valence-electron chi connectivity index (χ2n) is 4.52. The van der Waals surface area contributed by atoms with Crippen molar-refractivity contribution < 1.29 is 4.74 Å². The Morgan fingerprint density at radius 1 is 1.53 bits per heavy atom. The lowest BCUT2D eigenvalue weighted by atomic mass is 9.94. The molecule has 1 aliphatic rings. The second kappa shape index (κ2) is 3.85. The highest BCUT2D eigenvalue weighted by Crippen LogP contribution is 2.33. The van der Waals surface area contributed by atoms with Gasteiger partial charge in [-0.25, -0.2) is 0 Å². The van der Waals surface area contributed by atoms with Gasteiger partial charge in [0.05, 0.1) is 12.3 Å². The Morgan fingerprint density at radius 3 is 2.80 bits per heavy atom. The van der Waals surface area contributed by atoms with Crippen LogP contribution in [0.5, 0.6) is 0 Å². The minimum absolute atomic E-state index is 0.425. The first-order chi connectivity index (χ1) is 7.11. The van der Waals surface area contributed by atoms with Gasteiger partial charge in [-0.1, -0.05) is 13.8 Å². The third-order valence-electron chi connectivity index (χ3n) is 3.05. The van der Waals surface area contributed by atoms with Crippen molar-refractivity contribution >= 4 is 5.82 Å². The minimum atomic E-state index is 0.425. The number of nitrogen functional groups attached to an aromatic ring is 1. The zero-order valence-electron chi connectivity index (χ0n) is 9.66. The Kier molecular flexibility index (Phi) is 2.69. The number of nitrogens with zero attached hydrogens (tertiary/aromatic N) is 2. The van der Waals surface area contributed by atoms with Gasteiger partial charge in [-0.3, -0.25) is 4.68 Å². The van der Waals surface area contributed by atoms with Crippen LogP contribution in [0, 0.1) is 0 Å². The Bertz CT molecular complexity index is 351. The molecule has 15 heavy (non-hydrogen) atoms. The Hall–Kier alpha value is -1.03. The molecule has 84 valence electrons. The van der Waals surface area contributed by atoms with E-state index < -0.39 is 0 Å². The maximum Gasteiger partial charge on any atom is 0.125 e. The molecule has 4 heteroatoms. The van der Waals surface area contributed by atoms with Gasteiger partial charge in [-0.2, -0.15) is 5.10 Å². The molecule has 0 saturated carbocycles. The van der Waals surface area contributed by atoms with Crippen molar-refractivity contribution in [2.24, 2.45) is 7.05 Å². The van der Waals surface area contributed by atoms with E-state index in [1.807, 2.05) is 7.05 Å². The van der Waals surface area contributed by atoms with Crippen LogP contribution in [0.15, 0.2) is 0 Å². The van der Waals surface area contributed by atoms with Crippen LogP contribution < -0.4 is 5.73 Å². The molecule has 2 rings (SSSR count). The number of hydrogen-bond acceptors (Lipinski definition) is 3. The van der Waals surface area contributed by atoms with E-state index in [0.717, 1.165) is 31.1 Å². The standard InChI is InChI=1S/C11H19N3O/c1-7(2)9-10(8-4-5-15-6-8)13-14(3)11(9)12/h7-8H,4-6,12H2,1-3H3. The van der Waals surface area contributed by atoms with Crippen LogP contribution in [0.4, 0.5) is 5.82 Å². The predicted octanol–water partition coefficient (Wildman–Crippen LogP) is 1.63. The molecule has 1 fully saturated rings. The summed E-state index contributed by atoms with van der Waals surface area (Å²) in [5.74, 6) is 1.66. The molecular formula is C11H19N3O. The van der Waals surface area contributed by atoms with Gasteiger partial charge in [0.15, 0.2) is 0 Å². The third-order valence-corrected chi connectivity index (χ3v) is 3.05. The van der Waals surface area contributed by atoms with Crippen molar-refractivity contribution in [2.45, 2.75) is 32.1 Å². The molecule has 2 heterocycles. The quantitative estimate of drug-likeness (QED) is 0.805. The van der Waals surface area contributed by atoms with E-state index in [1.54, 1.807) is 4.68 Å². The summed E-state index contributed by atoms with van der Waals surface area (Å²) in [6.45, 7) is 5.95. The summed E-state index contributed by atoms with van der Waals surface area (Å²) < 4.78 is 7.19. The van der Waals surface area contributed by atoms with E-state index in [0.29, 0.717) is 11.8 Å². The van der Waals surface area contributed by atoms with Gasteiger partial charge in [0.2, 0.25) is 0 Å². The highest BCUT2D eigenvalue weighted by atomic mass is 16.5. The zero-order valence-corrected chi connectivity index (χ0v) is 9.66. The second-order valence-corrected chi connectivity index (χ2v) is 4.52. The van der Waals surface area contributed by atoms with Crippen molar-refractivity contribution in [3.63, 3.8) is 0 Å². The van der Waals surface area contributed by atoms with Crippen LogP contribution >= 0.6 is 0 Å². The SMILES string of the molecule is CC(C)c1c(C2CCOC2)nn(C)c1N. The first-order valence-corrected chi connectivity index (χ1v) is 5.51. The number of rotatable bonds is 2. The molecule has 4 nitrogen and oxygen atoms in total. The summed E-state index contributed by atoms with van der Waals surface area (Å²) in [5.41, 5.74) is 8.37. The average Bonchev–Trinajstić information content (AvgIpc) is 2.75. The van der Waals surface area contributed by atoms with Crippen LogP contribution in [0.25, 0.3) is 0 Å². The minimum Gasteiger partial charge on any atom is -0.384 e. The molecule has 0 radical (unpaired) electrons. The molecule has 1 atom stereocenters. The predicted molar refractivity (Wildman–Crippen MR) is 59.9 cm³/mol. The van der Waals surface area contributed by atoms with Gasteiger partial charge in [0.25, 0.3) is 0 Å². The molecule has 0 spiro atoms. The maximum atomic E-state index is 6.03. The van der Waals surface area contributed by atoms with E-state index in [-0.39, 0.29) is 0 Å². The highest BCUT2D eigenvalue weighted by molar-refractivity contribution is 5.46. The molecule has 1 unspecified atom stereocenters. The first-order valence-electron chi connectivity index (χ1n) is 5.51. The molecule has 1 saturated heterocycles. The van der Waals surface area contributed by atoms with E-state index in [4.69, 9.17) is 10.5 Å². The van der Waals surface area contributed by atoms with Crippen LogP contribution in [-0.2, 0) is 11.8 Å². The lowest BCUT2D eigenvalue weighted by Gasteiger charge is -2.10. The third kappa shape index (κ3) is 1.74.